The van der Waals surface area contributed by atoms with Crippen molar-refractivity contribution in [3.8, 4) is 6.01 Å². The molecule has 0 aliphatic heterocycles. The number of methoxy groups -OCH3 is 1. The lowest BCUT2D eigenvalue weighted by Crippen LogP contribution is -2.16. The summed E-state index contributed by atoms with van der Waals surface area (Å²) in [5.74, 6) is -0.752. The molecule has 9 nitrogen and oxygen atoms in total. The topological polar surface area (TPSA) is 124 Å². The van der Waals surface area contributed by atoms with E-state index in [2.05, 4.69) is 19.7 Å². The van der Waals surface area contributed by atoms with Crippen molar-refractivity contribution < 1.29 is 20.4 Å². The highest BCUT2D eigenvalue weighted by molar-refractivity contribution is 5.32. The van der Waals surface area contributed by atoms with Crippen LogP contribution in [-0.4, -0.2) is 37.7 Å². The molecule has 0 aliphatic rings. The Balaban J connectivity index is 3.07. The molecule has 0 unspecified atom stereocenters. The standard InChI is InChI=1S/C4H7N5O4/c1-13-4-6-2(8-10)5-3(7-4)9(11)12/h10-12H,1H3,(H,5,6,7,8). The molecule has 1 rings (SSSR count). The van der Waals surface area contributed by atoms with E-state index in [-0.39, 0.29) is 17.2 Å². The molecule has 4 N–H and O–H groups in total. The molecular weight excluding hydrogens is 182 g/mol. The highest BCUT2D eigenvalue weighted by atomic mass is 16.8. The van der Waals surface area contributed by atoms with Crippen LogP contribution in [0.25, 0.3) is 0 Å². The zero-order valence-corrected chi connectivity index (χ0v) is 6.54. The van der Waals surface area contributed by atoms with Crippen LogP contribution in [0.15, 0.2) is 0 Å². The number of hydrogen-bond donors (Lipinski definition) is 4. The van der Waals surface area contributed by atoms with Crippen molar-refractivity contribution in [1.82, 2.24) is 15.0 Å². The van der Waals surface area contributed by atoms with Crippen molar-refractivity contribution in [1.29, 1.82) is 0 Å². The highest BCUT2D eigenvalue weighted by Gasteiger charge is 2.09. The van der Waals surface area contributed by atoms with Crippen LogP contribution in [-0.2, 0) is 0 Å². The van der Waals surface area contributed by atoms with Gasteiger partial charge in [-0.3, -0.25) is 15.6 Å². The van der Waals surface area contributed by atoms with Crippen molar-refractivity contribution in [2.75, 3.05) is 17.8 Å². The Kier molecular flexibility index (Phi) is 2.74. The van der Waals surface area contributed by atoms with E-state index in [4.69, 9.17) is 15.6 Å². The van der Waals surface area contributed by atoms with Crippen LogP contribution in [0.1, 0.15) is 0 Å². The predicted octanol–water partition coefficient (Wildman–Crippen LogP) is -0.734. The molecule has 0 amide bonds. The van der Waals surface area contributed by atoms with Gasteiger partial charge in [0, 0.05) is 0 Å². The molecule has 0 fully saturated rings. The van der Waals surface area contributed by atoms with Gasteiger partial charge in [-0.1, -0.05) is 5.23 Å². The minimum absolute atomic E-state index is 0.172. The molecule has 0 saturated carbocycles. The van der Waals surface area contributed by atoms with Gasteiger partial charge < -0.3 is 4.74 Å². The van der Waals surface area contributed by atoms with Gasteiger partial charge in [0.1, 0.15) is 0 Å². The monoisotopic (exact) mass is 189 g/mol. The molecule has 0 bridgehead atoms. The van der Waals surface area contributed by atoms with Crippen molar-refractivity contribution in [3.63, 3.8) is 0 Å². The Bertz CT molecular complexity index is 270. The summed E-state index contributed by atoms with van der Waals surface area (Å²) in [4.78, 5) is 10.3. The van der Waals surface area contributed by atoms with Crippen LogP contribution in [0, 0.1) is 0 Å². The first kappa shape index (κ1) is 9.38. The summed E-state index contributed by atoms with van der Waals surface area (Å²) < 4.78 is 4.59. The Morgan fingerprint density at radius 2 is 2.00 bits per heavy atom. The predicted molar refractivity (Wildman–Crippen MR) is 37.8 cm³/mol. The Labute approximate surface area is 72.1 Å². The molecule has 9 heteroatoms. The van der Waals surface area contributed by atoms with Gasteiger partial charge in [0.2, 0.25) is 0 Å². The van der Waals surface area contributed by atoms with Crippen LogP contribution >= 0.6 is 0 Å². The Morgan fingerprint density at radius 1 is 1.31 bits per heavy atom. The fourth-order valence-electron chi connectivity index (χ4n) is 0.577. The normalized spacial score (nSPS) is 9.54. The molecule has 0 spiro atoms. The third kappa shape index (κ3) is 2.11. The first-order valence-corrected chi connectivity index (χ1v) is 3.05. The Morgan fingerprint density at radius 3 is 2.46 bits per heavy atom. The van der Waals surface area contributed by atoms with Gasteiger partial charge in [-0.25, -0.2) is 5.48 Å². The maximum absolute atomic E-state index is 8.53. The van der Waals surface area contributed by atoms with Crippen LogP contribution in [0.3, 0.4) is 0 Å². The van der Waals surface area contributed by atoms with E-state index >= 15 is 0 Å². The molecule has 0 aromatic carbocycles. The average molecular weight is 189 g/mol. The largest absolute Gasteiger partial charge is 0.467 e. The van der Waals surface area contributed by atoms with Crippen LogP contribution in [0.4, 0.5) is 11.9 Å². The van der Waals surface area contributed by atoms with E-state index in [0.29, 0.717) is 0 Å². The van der Waals surface area contributed by atoms with Gasteiger partial charge in [-0.05, 0) is 0 Å². The molecule has 1 aromatic heterocycles. The quantitative estimate of drug-likeness (QED) is 0.455. The zero-order valence-electron chi connectivity index (χ0n) is 6.54. The minimum atomic E-state index is -0.483. The molecule has 0 atom stereocenters. The van der Waals surface area contributed by atoms with Gasteiger partial charge in [0.25, 0.3) is 11.9 Å². The summed E-state index contributed by atoms with van der Waals surface area (Å²) in [6.45, 7) is 0. The van der Waals surface area contributed by atoms with Gasteiger partial charge in [-0.15, -0.1) is 0 Å². The van der Waals surface area contributed by atoms with E-state index in [1.54, 1.807) is 5.48 Å². The summed E-state index contributed by atoms with van der Waals surface area (Å²) in [6.07, 6.45) is 0. The molecule has 0 radical (unpaired) electrons. The summed E-state index contributed by atoms with van der Waals surface area (Å²) >= 11 is 0. The number of nitrogens with zero attached hydrogens (tertiary/aromatic N) is 4. The fraction of sp³-hybridized carbons (Fsp3) is 0.250. The lowest BCUT2D eigenvalue weighted by atomic mass is 10.9. The zero-order chi connectivity index (χ0) is 9.84. The second-order valence-corrected chi connectivity index (χ2v) is 1.85. The summed E-state index contributed by atoms with van der Waals surface area (Å²) in [7, 11) is 1.28. The second-order valence-electron chi connectivity index (χ2n) is 1.85. The van der Waals surface area contributed by atoms with Crippen molar-refractivity contribution in [2.45, 2.75) is 0 Å². The first-order valence-electron chi connectivity index (χ1n) is 3.05. The maximum atomic E-state index is 8.53. The summed E-state index contributed by atoms with van der Waals surface area (Å²) in [6, 6.07) is -0.172. The van der Waals surface area contributed by atoms with E-state index in [1.165, 1.54) is 7.11 Å². The van der Waals surface area contributed by atoms with Gasteiger partial charge in [-0.2, -0.15) is 15.0 Å². The lowest BCUT2D eigenvalue weighted by Gasteiger charge is -2.07. The van der Waals surface area contributed by atoms with Crippen LogP contribution in [0.5, 0.6) is 6.01 Å². The summed E-state index contributed by atoms with van der Waals surface area (Å²) in [5, 5.41) is 25.2. The number of nitrogens with one attached hydrogen (secondary N) is 1. The highest BCUT2D eigenvalue weighted by Crippen LogP contribution is 2.11. The van der Waals surface area contributed by atoms with Crippen molar-refractivity contribution >= 4 is 11.9 Å². The van der Waals surface area contributed by atoms with E-state index < -0.39 is 5.95 Å². The minimum Gasteiger partial charge on any atom is -0.467 e. The van der Waals surface area contributed by atoms with Gasteiger partial charge in [0.05, 0.1) is 7.11 Å². The Hall–Kier alpha value is -1.71. The molecule has 1 aromatic rings. The second kappa shape index (κ2) is 3.80. The van der Waals surface area contributed by atoms with Gasteiger partial charge in [0.15, 0.2) is 0 Å². The molecule has 1 heterocycles. The third-order valence-electron chi connectivity index (χ3n) is 1.06. The molecule has 0 aliphatic carbocycles. The molecule has 0 saturated heterocycles. The van der Waals surface area contributed by atoms with Crippen molar-refractivity contribution in [2.24, 2.45) is 0 Å². The van der Waals surface area contributed by atoms with Crippen LogP contribution in [0.2, 0.25) is 0 Å². The van der Waals surface area contributed by atoms with E-state index in [9.17, 15) is 0 Å². The first-order chi connectivity index (χ1) is 6.17. The lowest BCUT2D eigenvalue weighted by molar-refractivity contribution is 0.0237. The SMILES string of the molecule is COc1nc(NO)nc(N(O)O)n1. The number of aromatic nitrogens is 3. The molecule has 72 valence electrons. The number of anilines is 2. The van der Waals surface area contributed by atoms with Crippen LogP contribution < -0.4 is 15.4 Å². The fourth-order valence-corrected chi connectivity index (χ4v) is 0.577. The number of hydrogen-bond acceptors (Lipinski definition) is 9. The number of ether oxygens (including phenoxy) is 1. The van der Waals surface area contributed by atoms with E-state index in [0.717, 1.165) is 0 Å². The maximum Gasteiger partial charge on any atom is 0.322 e. The van der Waals surface area contributed by atoms with Gasteiger partial charge >= 0.3 is 6.01 Å². The van der Waals surface area contributed by atoms with E-state index in [1.807, 2.05) is 0 Å². The summed E-state index contributed by atoms with van der Waals surface area (Å²) in [5.41, 5.74) is 1.61. The smallest absolute Gasteiger partial charge is 0.322 e. The molecular formula is C4H7N5O4. The number of rotatable bonds is 3. The molecule has 13 heavy (non-hydrogen) atoms. The third-order valence-corrected chi connectivity index (χ3v) is 1.06. The average Bonchev–Trinajstić information content (AvgIpc) is 2.16. The van der Waals surface area contributed by atoms with Crippen molar-refractivity contribution in [3.05, 3.63) is 0 Å².